The molecule has 0 fully saturated rings. The second-order valence-electron chi connectivity index (χ2n) is 3.68. The number of aromatic nitrogens is 1. The van der Waals surface area contributed by atoms with Gasteiger partial charge in [0.05, 0.1) is 0 Å². The van der Waals surface area contributed by atoms with Crippen LogP contribution >= 0.6 is 11.8 Å². The molecule has 4 nitrogen and oxygen atoms in total. The Bertz CT molecular complexity index is 403. The van der Waals surface area contributed by atoms with E-state index in [1.165, 1.54) is 6.07 Å². The molecule has 0 aliphatic carbocycles. The van der Waals surface area contributed by atoms with Gasteiger partial charge in [0.2, 0.25) is 11.5 Å². The molecule has 0 aromatic carbocycles. The van der Waals surface area contributed by atoms with Crippen molar-refractivity contribution in [2.24, 2.45) is 0 Å². The first-order chi connectivity index (χ1) is 8.24. The molecule has 0 saturated carbocycles. The third-order valence-corrected chi connectivity index (χ3v) is 2.94. The van der Waals surface area contributed by atoms with Crippen LogP contribution in [0.3, 0.4) is 0 Å². The van der Waals surface area contributed by atoms with E-state index in [4.69, 9.17) is 0 Å². The second-order valence-corrected chi connectivity index (χ2v) is 4.66. The largest absolute Gasteiger partial charge is 0.356 e. The van der Waals surface area contributed by atoms with E-state index in [9.17, 15) is 9.59 Å². The predicted molar refractivity (Wildman–Crippen MR) is 71.3 cm³/mol. The van der Waals surface area contributed by atoms with Crippen molar-refractivity contribution in [1.82, 2.24) is 9.88 Å². The maximum atomic E-state index is 11.4. The maximum Gasteiger partial charge on any atom is 0.250 e. The summed E-state index contributed by atoms with van der Waals surface area (Å²) in [6, 6.07) is 5.10. The van der Waals surface area contributed by atoms with E-state index in [2.05, 4.69) is 5.32 Å². The van der Waals surface area contributed by atoms with E-state index < -0.39 is 0 Å². The molecule has 0 aliphatic heterocycles. The number of hydrogen-bond acceptors (Lipinski definition) is 3. The highest BCUT2D eigenvalue weighted by molar-refractivity contribution is 7.98. The number of hydrogen-bond donors (Lipinski definition) is 1. The standard InChI is InChI=1S/C12H18N2O2S/c1-17-10-6-11(15)13-7-4-9-14-8-3-2-5-12(14)16/h2-3,5,8H,4,6-7,9-10H2,1H3,(H,13,15). The molecule has 0 unspecified atom stereocenters. The van der Waals surface area contributed by atoms with E-state index >= 15 is 0 Å². The highest BCUT2D eigenvalue weighted by Gasteiger charge is 1.99. The fourth-order valence-corrected chi connectivity index (χ4v) is 1.80. The van der Waals surface area contributed by atoms with Crippen LogP contribution in [0.2, 0.25) is 0 Å². The van der Waals surface area contributed by atoms with Crippen LogP contribution in [0.15, 0.2) is 29.2 Å². The third-order valence-electron chi connectivity index (χ3n) is 2.33. The minimum atomic E-state index is 0.00112. The van der Waals surface area contributed by atoms with E-state index in [-0.39, 0.29) is 11.5 Å². The van der Waals surface area contributed by atoms with Gasteiger partial charge in [-0.2, -0.15) is 11.8 Å². The van der Waals surface area contributed by atoms with Gasteiger partial charge in [-0.05, 0) is 18.7 Å². The monoisotopic (exact) mass is 254 g/mol. The molecule has 1 aromatic rings. The Hall–Kier alpha value is -1.23. The first kappa shape index (κ1) is 13.8. The highest BCUT2D eigenvalue weighted by atomic mass is 32.2. The summed E-state index contributed by atoms with van der Waals surface area (Å²) in [6.45, 7) is 1.26. The number of nitrogens with one attached hydrogen (secondary N) is 1. The number of pyridine rings is 1. The van der Waals surface area contributed by atoms with E-state index in [1.54, 1.807) is 28.6 Å². The number of amides is 1. The van der Waals surface area contributed by atoms with Crippen molar-refractivity contribution in [2.45, 2.75) is 19.4 Å². The molecule has 17 heavy (non-hydrogen) atoms. The molecule has 0 spiro atoms. The average molecular weight is 254 g/mol. The Balaban J connectivity index is 2.18. The van der Waals surface area contributed by atoms with Crippen molar-refractivity contribution in [2.75, 3.05) is 18.6 Å². The minimum Gasteiger partial charge on any atom is -0.356 e. The number of nitrogens with zero attached hydrogens (tertiary/aromatic N) is 1. The zero-order valence-electron chi connectivity index (χ0n) is 10.0. The van der Waals surface area contributed by atoms with Crippen molar-refractivity contribution in [1.29, 1.82) is 0 Å². The van der Waals surface area contributed by atoms with Gasteiger partial charge in [0.15, 0.2) is 0 Å². The van der Waals surface area contributed by atoms with Gasteiger partial charge in [-0.1, -0.05) is 6.07 Å². The molecule has 1 N–H and O–H groups in total. The molecule has 0 atom stereocenters. The maximum absolute atomic E-state index is 11.4. The van der Waals surface area contributed by atoms with Crippen LogP contribution in [-0.2, 0) is 11.3 Å². The van der Waals surface area contributed by atoms with Crippen molar-refractivity contribution in [3.05, 3.63) is 34.7 Å². The molecule has 0 bridgehead atoms. The zero-order chi connectivity index (χ0) is 12.5. The fourth-order valence-electron chi connectivity index (χ4n) is 1.41. The van der Waals surface area contributed by atoms with E-state index in [1.807, 2.05) is 12.3 Å². The van der Waals surface area contributed by atoms with Gasteiger partial charge in [-0.25, -0.2) is 0 Å². The van der Waals surface area contributed by atoms with Crippen LogP contribution in [0.4, 0.5) is 0 Å². The van der Waals surface area contributed by atoms with Gasteiger partial charge in [0, 0.05) is 37.5 Å². The number of aryl methyl sites for hydroxylation is 1. The van der Waals surface area contributed by atoms with Gasteiger partial charge in [0.25, 0.3) is 0 Å². The van der Waals surface area contributed by atoms with Gasteiger partial charge in [-0.15, -0.1) is 0 Å². The molecule has 1 rings (SSSR count). The van der Waals surface area contributed by atoms with Crippen molar-refractivity contribution < 1.29 is 4.79 Å². The lowest BCUT2D eigenvalue weighted by Gasteiger charge is -2.06. The van der Waals surface area contributed by atoms with Gasteiger partial charge >= 0.3 is 0 Å². The lowest BCUT2D eigenvalue weighted by Crippen LogP contribution is -2.26. The molecule has 1 amide bonds. The predicted octanol–water partition coefficient (Wildman–Crippen LogP) is 1.11. The van der Waals surface area contributed by atoms with Crippen LogP contribution in [0.1, 0.15) is 12.8 Å². The number of rotatable bonds is 7. The summed E-state index contributed by atoms with van der Waals surface area (Å²) in [5.74, 6) is 0.934. The first-order valence-corrected chi connectivity index (χ1v) is 7.04. The zero-order valence-corrected chi connectivity index (χ0v) is 10.8. The molecule has 0 aliphatic rings. The van der Waals surface area contributed by atoms with Crippen molar-refractivity contribution in [3.63, 3.8) is 0 Å². The summed E-state index contributed by atoms with van der Waals surface area (Å²) in [5, 5.41) is 2.84. The van der Waals surface area contributed by atoms with E-state index in [0.717, 1.165) is 12.2 Å². The van der Waals surface area contributed by atoms with E-state index in [0.29, 0.717) is 19.5 Å². The second kappa shape index (κ2) is 7.95. The fraction of sp³-hybridized carbons (Fsp3) is 0.500. The molecule has 1 aromatic heterocycles. The Labute approximate surface area is 105 Å². The molecule has 1 heterocycles. The summed E-state index contributed by atoms with van der Waals surface area (Å²) in [4.78, 5) is 22.6. The topological polar surface area (TPSA) is 51.1 Å². The lowest BCUT2D eigenvalue weighted by molar-refractivity contribution is -0.120. The Morgan fingerprint density at radius 1 is 1.47 bits per heavy atom. The Morgan fingerprint density at radius 2 is 2.29 bits per heavy atom. The Kier molecular flexibility index (Phi) is 6.47. The summed E-state index contributed by atoms with van der Waals surface area (Å²) in [6.07, 6.45) is 5.08. The Morgan fingerprint density at radius 3 is 3.00 bits per heavy atom. The molecular weight excluding hydrogens is 236 g/mol. The molecule has 5 heteroatoms. The molecule has 0 saturated heterocycles. The van der Waals surface area contributed by atoms with Gasteiger partial charge in [-0.3, -0.25) is 9.59 Å². The molecule has 94 valence electrons. The van der Waals surface area contributed by atoms with Crippen LogP contribution in [0.5, 0.6) is 0 Å². The third kappa shape index (κ3) is 5.58. The average Bonchev–Trinajstić information content (AvgIpc) is 2.34. The van der Waals surface area contributed by atoms with Crippen LogP contribution < -0.4 is 10.9 Å². The molecule has 0 radical (unpaired) electrons. The summed E-state index contributed by atoms with van der Waals surface area (Å²) in [5.41, 5.74) is 0.00112. The SMILES string of the molecule is CSCCC(=O)NCCCn1ccccc1=O. The highest BCUT2D eigenvalue weighted by Crippen LogP contribution is 1.94. The van der Waals surface area contributed by atoms with Crippen molar-refractivity contribution in [3.8, 4) is 0 Å². The summed E-state index contributed by atoms with van der Waals surface area (Å²) in [7, 11) is 0. The first-order valence-electron chi connectivity index (χ1n) is 5.65. The van der Waals surface area contributed by atoms with Gasteiger partial charge in [0.1, 0.15) is 0 Å². The van der Waals surface area contributed by atoms with Crippen LogP contribution in [0.25, 0.3) is 0 Å². The number of thioether (sulfide) groups is 1. The summed E-state index contributed by atoms with van der Waals surface area (Å²) < 4.78 is 1.65. The summed E-state index contributed by atoms with van der Waals surface area (Å²) >= 11 is 1.66. The lowest BCUT2D eigenvalue weighted by atomic mass is 10.3. The quantitative estimate of drug-likeness (QED) is 0.742. The van der Waals surface area contributed by atoms with Gasteiger partial charge < -0.3 is 9.88 Å². The number of carbonyl (C=O) groups is 1. The van der Waals surface area contributed by atoms with Crippen LogP contribution in [0, 0.1) is 0 Å². The smallest absolute Gasteiger partial charge is 0.250 e. The molecular formula is C12H18N2O2S. The van der Waals surface area contributed by atoms with Crippen molar-refractivity contribution >= 4 is 17.7 Å². The minimum absolute atomic E-state index is 0.00112. The number of carbonyl (C=O) groups excluding carboxylic acids is 1. The normalized spacial score (nSPS) is 10.2. The van der Waals surface area contributed by atoms with Crippen LogP contribution in [-0.4, -0.2) is 29.0 Å².